The maximum Gasteiger partial charge on any atom is 0.225 e. The van der Waals surface area contributed by atoms with E-state index in [1.807, 2.05) is 18.7 Å². The minimum atomic E-state index is -0.359. The molecule has 0 spiro atoms. The van der Waals surface area contributed by atoms with E-state index in [9.17, 15) is 4.79 Å². The molecule has 4 heteroatoms. The summed E-state index contributed by atoms with van der Waals surface area (Å²) in [6.07, 6.45) is 2.53. The van der Waals surface area contributed by atoms with E-state index >= 15 is 0 Å². The van der Waals surface area contributed by atoms with E-state index in [2.05, 4.69) is 0 Å². The molecule has 0 aromatic rings. The minimum Gasteiger partial charge on any atom is -0.378 e. The zero-order valence-electron chi connectivity index (χ0n) is 10.7. The Bertz CT molecular complexity index is 233. The summed E-state index contributed by atoms with van der Waals surface area (Å²) in [5.74, 6) is 0.793. The van der Waals surface area contributed by atoms with Crippen LogP contribution in [0.15, 0.2) is 0 Å². The molecule has 0 bridgehead atoms. The van der Waals surface area contributed by atoms with Gasteiger partial charge < -0.3 is 15.4 Å². The zero-order chi connectivity index (χ0) is 12.2. The molecular formula is C12H24N2O2. The average Bonchev–Trinajstić information content (AvgIpc) is 2.28. The molecule has 1 amide bonds. The molecule has 1 aliphatic heterocycles. The highest BCUT2D eigenvalue weighted by Gasteiger charge is 2.27. The van der Waals surface area contributed by atoms with E-state index in [4.69, 9.17) is 10.5 Å². The molecule has 0 radical (unpaired) electrons. The molecule has 0 aliphatic carbocycles. The first-order valence-corrected chi connectivity index (χ1v) is 6.01. The number of rotatable bonds is 4. The highest BCUT2D eigenvalue weighted by Crippen LogP contribution is 2.20. The molecule has 1 heterocycles. The van der Waals surface area contributed by atoms with Crippen molar-refractivity contribution in [2.24, 2.45) is 11.7 Å². The third-order valence-electron chi connectivity index (χ3n) is 3.43. The lowest BCUT2D eigenvalue weighted by atomic mass is 9.96. The molecule has 1 fully saturated rings. The van der Waals surface area contributed by atoms with Gasteiger partial charge in [0.2, 0.25) is 5.91 Å². The number of amides is 1. The van der Waals surface area contributed by atoms with Crippen LogP contribution in [0.2, 0.25) is 0 Å². The van der Waals surface area contributed by atoms with Crippen LogP contribution in [-0.2, 0) is 9.53 Å². The van der Waals surface area contributed by atoms with Crippen molar-refractivity contribution < 1.29 is 9.53 Å². The predicted molar refractivity (Wildman–Crippen MR) is 64.1 cm³/mol. The fourth-order valence-corrected chi connectivity index (χ4v) is 1.97. The Morgan fingerprint density at radius 2 is 2.00 bits per heavy atom. The lowest BCUT2D eigenvalue weighted by molar-refractivity contribution is -0.137. The van der Waals surface area contributed by atoms with Gasteiger partial charge >= 0.3 is 0 Å². The number of ether oxygens (including phenoxy) is 1. The van der Waals surface area contributed by atoms with E-state index in [0.717, 1.165) is 32.5 Å². The molecule has 0 saturated carbocycles. The van der Waals surface area contributed by atoms with E-state index in [1.54, 1.807) is 7.11 Å². The number of carbonyl (C=O) groups is 1. The largest absolute Gasteiger partial charge is 0.378 e. The monoisotopic (exact) mass is 228 g/mol. The van der Waals surface area contributed by atoms with Gasteiger partial charge in [-0.15, -0.1) is 0 Å². The maximum atomic E-state index is 12.0. The van der Waals surface area contributed by atoms with Crippen molar-refractivity contribution in [2.75, 3.05) is 26.7 Å². The fourth-order valence-electron chi connectivity index (χ4n) is 1.97. The first kappa shape index (κ1) is 13.5. The van der Waals surface area contributed by atoms with E-state index < -0.39 is 0 Å². The summed E-state index contributed by atoms with van der Waals surface area (Å²) in [7, 11) is 1.65. The van der Waals surface area contributed by atoms with Crippen LogP contribution < -0.4 is 5.73 Å². The van der Waals surface area contributed by atoms with Gasteiger partial charge in [-0.1, -0.05) is 0 Å². The van der Waals surface area contributed by atoms with E-state index in [1.165, 1.54) is 0 Å². The molecule has 4 nitrogen and oxygen atoms in total. The number of likely N-dealkylation sites (tertiary alicyclic amines) is 1. The summed E-state index contributed by atoms with van der Waals surface area (Å²) < 4.78 is 5.27. The molecule has 0 unspecified atom stereocenters. The van der Waals surface area contributed by atoms with Crippen LogP contribution in [0.1, 0.15) is 33.1 Å². The topological polar surface area (TPSA) is 55.6 Å². The van der Waals surface area contributed by atoms with Crippen LogP contribution in [0.5, 0.6) is 0 Å². The average molecular weight is 228 g/mol. The highest BCUT2D eigenvalue weighted by molar-refractivity contribution is 5.77. The smallest absolute Gasteiger partial charge is 0.225 e. The first-order chi connectivity index (χ1) is 7.48. The molecule has 1 rings (SSSR count). The molecule has 94 valence electrons. The van der Waals surface area contributed by atoms with Gasteiger partial charge in [-0.25, -0.2) is 0 Å². The summed E-state index contributed by atoms with van der Waals surface area (Å²) in [5.41, 5.74) is 5.27. The Morgan fingerprint density at radius 3 is 2.44 bits per heavy atom. The zero-order valence-corrected chi connectivity index (χ0v) is 10.7. The number of methoxy groups -OCH3 is 1. The molecule has 0 aromatic carbocycles. The SMILES string of the molecule is COC(C)(C)CC(=O)N1CCC(CN)CC1. The lowest BCUT2D eigenvalue weighted by Gasteiger charge is -2.33. The van der Waals surface area contributed by atoms with Crippen molar-refractivity contribution in [3.63, 3.8) is 0 Å². The summed E-state index contributed by atoms with van der Waals surface area (Å²) in [5, 5.41) is 0. The van der Waals surface area contributed by atoms with Gasteiger partial charge in [0.15, 0.2) is 0 Å². The Balaban J connectivity index is 2.39. The number of nitrogens with two attached hydrogens (primary N) is 1. The van der Waals surface area contributed by atoms with Crippen LogP contribution in [0, 0.1) is 5.92 Å². The number of nitrogens with zero attached hydrogens (tertiary/aromatic N) is 1. The first-order valence-electron chi connectivity index (χ1n) is 6.01. The summed E-state index contributed by atoms with van der Waals surface area (Å²) in [6.45, 7) is 6.32. The minimum absolute atomic E-state index is 0.197. The van der Waals surface area contributed by atoms with Crippen LogP contribution in [0.25, 0.3) is 0 Å². The molecular weight excluding hydrogens is 204 g/mol. The van der Waals surface area contributed by atoms with Crippen LogP contribution in [-0.4, -0.2) is 43.2 Å². The second kappa shape index (κ2) is 5.64. The quantitative estimate of drug-likeness (QED) is 0.781. The molecule has 1 saturated heterocycles. The number of piperidine rings is 1. The molecule has 0 aromatic heterocycles. The second-order valence-electron chi connectivity index (χ2n) is 5.20. The van der Waals surface area contributed by atoms with Gasteiger partial charge in [-0.2, -0.15) is 0 Å². The molecule has 2 N–H and O–H groups in total. The Morgan fingerprint density at radius 1 is 1.44 bits per heavy atom. The Hall–Kier alpha value is -0.610. The maximum absolute atomic E-state index is 12.0. The Kier molecular flexibility index (Phi) is 4.74. The Labute approximate surface area is 98.1 Å². The standard InChI is InChI=1S/C12H24N2O2/c1-12(2,16-3)8-11(15)14-6-4-10(9-13)5-7-14/h10H,4-9,13H2,1-3H3. The van der Waals surface area contributed by atoms with Crippen molar-refractivity contribution in [1.29, 1.82) is 0 Å². The predicted octanol–water partition coefficient (Wildman–Crippen LogP) is 0.999. The van der Waals surface area contributed by atoms with Crippen molar-refractivity contribution in [1.82, 2.24) is 4.90 Å². The van der Waals surface area contributed by atoms with Crippen molar-refractivity contribution in [3.8, 4) is 0 Å². The van der Waals surface area contributed by atoms with Gasteiger partial charge in [0.1, 0.15) is 0 Å². The van der Waals surface area contributed by atoms with Gasteiger partial charge in [-0.05, 0) is 39.2 Å². The second-order valence-corrected chi connectivity index (χ2v) is 5.20. The number of hydrogen-bond donors (Lipinski definition) is 1. The van der Waals surface area contributed by atoms with E-state index in [0.29, 0.717) is 12.3 Å². The van der Waals surface area contributed by atoms with Crippen molar-refractivity contribution >= 4 is 5.91 Å². The van der Waals surface area contributed by atoms with Crippen molar-refractivity contribution in [2.45, 2.75) is 38.7 Å². The fraction of sp³-hybridized carbons (Fsp3) is 0.917. The summed E-state index contributed by atoms with van der Waals surface area (Å²) >= 11 is 0. The van der Waals surface area contributed by atoms with Gasteiger partial charge in [0.05, 0.1) is 12.0 Å². The normalized spacial score (nSPS) is 18.9. The van der Waals surface area contributed by atoms with Gasteiger partial charge in [0, 0.05) is 20.2 Å². The van der Waals surface area contributed by atoms with Crippen LogP contribution in [0.4, 0.5) is 0 Å². The summed E-state index contributed by atoms with van der Waals surface area (Å²) in [4.78, 5) is 13.9. The van der Waals surface area contributed by atoms with Crippen molar-refractivity contribution in [3.05, 3.63) is 0 Å². The molecule has 16 heavy (non-hydrogen) atoms. The summed E-state index contributed by atoms with van der Waals surface area (Å²) in [6, 6.07) is 0. The third kappa shape index (κ3) is 3.76. The van der Waals surface area contributed by atoms with Crippen LogP contribution in [0.3, 0.4) is 0 Å². The lowest BCUT2D eigenvalue weighted by Crippen LogP contribution is -2.42. The highest BCUT2D eigenvalue weighted by atomic mass is 16.5. The van der Waals surface area contributed by atoms with E-state index in [-0.39, 0.29) is 11.5 Å². The molecule has 0 atom stereocenters. The number of hydrogen-bond acceptors (Lipinski definition) is 3. The van der Waals surface area contributed by atoms with Gasteiger partial charge in [-0.3, -0.25) is 4.79 Å². The third-order valence-corrected chi connectivity index (χ3v) is 3.43. The van der Waals surface area contributed by atoms with Crippen LogP contribution >= 0.6 is 0 Å². The number of carbonyl (C=O) groups excluding carboxylic acids is 1. The van der Waals surface area contributed by atoms with Gasteiger partial charge in [0.25, 0.3) is 0 Å². The molecule has 1 aliphatic rings.